The maximum Gasteiger partial charge on any atom is 0.272 e. The van der Waals surface area contributed by atoms with E-state index in [2.05, 4.69) is 15.5 Å². The summed E-state index contributed by atoms with van der Waals surface area (Å²) >= 11 is 0. The molecule has 0 unspecified atom stereocenters. The van der Waals surface area contributed by atoms with Crippen molar-refractivity contribution in [3.8, 4) is 11.5 Å². The molecule has 0 saturated carbocycles. The molecule has 1 aromatic carbocycles. The van der Waals surface area contributed by atoms with E-state index < -0.39 is 10.0 Å². The van der Waals surface area contributed by atoms with E-state index in [1.807, 2.05) is 0 Å². The first-order chi connectivity index (χ1) is 11.4. The fraction of sp³-hybridized carbons (Fsp3) is 0.0667. The highest BCUT2D eigenvalue weighted by atomic mass is 32.2. The molecule has 0 bridgehead atoms. The van der Waals surface area contributed by atoms with E-state index in [1.165, 1.54) is 18.4 Å². The van der Waals surface area contributed by atoms with Gasteiger partial charge in [0.25, 0.3) is 5.91 Å². The fourth-order valence-electron chi connectivity index (χ4n) is 2.07. The van der Waals surface area contributed by atoms with E-state index in [4.69, 9.17) is 9.56 Å². The van der Waals surface area contributed by atoms with Gasteiger partial charge in [-0.3, -0.25) is 9.89 Å². The summed E-state index contributed by atoms with van der Waals surface area (Å²) in [5.41, 5.74) is 1.56. The van der Waals surface area contributed by atoms with Crippen LogP contribution in [0.4, 0.5) is 0 Å². The van der Waals surface area contributed by atoms with E-state index in [0.29, 0.717) is 11.5 Å². The molecular formula is C15H14N4O4S. The van der Waals surface area contributed by atoms with Crippen molar-refractivity contribution in [3.05, 3.63) is 60.0 Å². The predicted octanol–water partition coefficient (Wildman–Crippen LogP) is 1.25. The first-order valence-corrected chi connectivity index (χ1v) is 8.47. The predicted molar refractivity (Wildman–Crippen MR) is 85.3 cm³/mol. The quantitative estimate of drug-likeness (QED) is 0.640. The number of benzene rings is 1. The average Bonchev–Trinajstić information content (AvgIpc) is 3.22. The number of hydrogen-bond donors (Lipinski definition) is 3. The lowest BCUT2D eigenvalue weighted by Crippen LogP contribution is -2.23. The lowest BCUT2D eigenvalue weighted by atomic mass is 10.2. The van der Waals surface area contributed by atoms with Crippen molar-refractivity contribution in [1.29, 1.82) is 0 Å². The molecule has 4 N–H and O–H groups in total. The van der Waals surface area contributed by atoms with E-state index in [1.54, 1.807) is 30.3 Å². The highest BCUT2D eigenvalue weighted by molar-refractivity contribution is 7.89. The van der Waals surface area contributed by atoms with E-state index in [0.717, 1.165) is 5.56 Å². The van der Waals surface area contributed by atoms with Crippen molar-refractivity contribution >= 4 is 15.9 Å². The molecule has 8 nitrogen and oxygen atoms in total. The van der Waals surface area contributed by atoms with Gasteiger partial charge in [0.05, 0.1) is 11.2 Å². The molecule has 3 rings (SSSR count). The molecule has 1 amide bonds. The van der Waals surface area contributed by atoms with Crippen LogP contribution in [0.2, 0.25) is 0 Å². The zero-order chi connectivity index (χ0) is 17.2. The Morgan fingerprint density at radius 1 is 1.25 bits per heavy atom. The van der Waals surface area contributed by atoms with Crippen molar-refractivity contribution in [3.63, 3.8) is 0 Å². The Morgan fingerprint density at radius 2 is 2.00 bits per heavy atom. The number of amides is 1. The minimum absolute atomic E-state index is 0.0213. The van der Waals surface area contributed by atoms with Gasteiger partial charge in [0, 0.05) is 12.6 Å². The lowest BCUT2D eigenvalue weighted by Gasteiger charge is -2.04. The highest BCUT2D eigenvalue weighted by Gasteiger charge is 2.13. The molecule has 0 aliphatic carbocycles. The normalized spacial score (nSPS) is 11.4. The van der Waals surface area contributed by atoms with Crippen molar-refractivity contribution in [2.24, 2.45) is 5.14 Å². The van der Waals surface area contributed by atoms with Crippen molar-refractivity contribution in [1.82, 2.24) is 15.5 Å². The topological polar surface area (TPSA) is 131 Å². The van der Waals surface area contributed by atoms with Gasteiger partial charge in [-0.05, 0) is 29.8 Å². The van der Waals surface area contributed by atoms with Crippen LogP contribution in [0.15, 0.2) is 58.0 Å². The van der Waals surface area contributed by atoms with E-state index in [-0.39, 0.29) is 23.0 Å². The average molecular weight is 346 g/mol. The Labute approximate surface area is 137 Å². The Morgan fingerprint density at radius 3 is 2.62 bits per heavy atom. The van der Waals surface area contributed by atoms with Gasteiger partial charge in [-0.1, -0.05) is 12.1 Å². The summed E-state index contributed by atoms with van der Waals surface area (Å²) in [6.45, 7) is 0.229. The number of nitrogens with zero attached hydrogens (tertiary/aromatic N) is 1. The first kappa shape index (κ1) is 16.0. The van der Waals surface area contributed by atoms with E-state index in [9.17, 15) is 13.2 Å². The summed E-state index contributed by atoms with van der Waals surface area (Å²) in [4.78, 5) is 12.1. The van der Waals surface area contributed by atoms with Crippen molar-refractivity contribution < 1.29 is 17.6 Å². The minimum Gasteiger partial charge on any atom is -0.463 e. The molecule has 0 fully saturated rings. The number of rotatable bonds is 5. The second-order valence-corrected chi connectivity index (χ2v) is 6.58. The number of aromatic nitrogens is 2. The van der Waals surface area contributed by atoms with Crippen LogP contribution in [0.25, 0.3) is 11.5 Å². The number of hydrogen-bond acceptors (Lipinski definition) is 5. The van der Waals surface area contributed by atoms with Crippen LogP contribution in [-0.4, -0.2) is 24.5 Å². The summed E-state index contributed by atoms with van der Waals surface area (Å²) < 4.78 is 27.6. The number of carbonyl (C=O) groups is 1. The Kier molecular flexibility index (Phi) is 4.19. The van der Waals surface area contributed by atoms with Gasteiger partial charge in [0.15, 0.2) is 11.5 Å². The van der Waals surface area contributed by atoms with E-state index >= 15 is 0 Å². The van der Waals surface area contributed by atoms with Crippen LogP contribution < -0.4 is 10.5 Å². The SMILES string of the molecule is NS(=O)(=O)c1ccc(CNC(=O)c2cc(-c3ccco3)[nH]n2)cc1. The standard InChI is InChI=1S/C15H14N4O4S/c16-24(21,22)11-5-3-10(4-6-11)9-17-15(20)13-8-12(18-19-13)14-2-1-7-23-14/h1-8H,9H2,(H,17,20)(H,18,19)(H2,16,21,22). The summed E-state index contributed by atoms with van der Waals surface area (Å²) in [7, 11) is -3.72. The molecule has 9 heteroatoms. The largest absolute Gasteiger partial charge is 0.463 e. The van der Waals surface area contributed by atoms with Gasteiger partial charge < -0.3 is 9.73 Å². The Balaban J connectivity index is 1.63. The molecule has 2 aromatic heterocycles. The third-order valence-electron chi connectivity index (χ3n) is 3.30. The zero-order valence-electron chi connectivity index (χ0n) is 12.4. The lowest BCUT2D eigenvalue weighted by molar-refractivity contribution is 0.0946. The molecule has 2 heterocycles. The molecule has 0 spiro atoms. The molecule has 0 saturated heterocycles. The highest BCUT2D eigenvalue weighted by Crippen LogP contribution is 2.17. The van der Waals surface area contributed by atoms with Gasteiger partial charge >= 0.3 is 0 Å². The smallest absolute Gasteiger partial charge is 0.272 e. The molecule has 0 aliphatic heterocycles. The van der Waals surface area contributed by atoms with Crippen LogP contribution in [0.1, 0.15) is 16.1 Å². The summed E-state index contributed by atoms with van der Waals surface area (Å²) in [6, 6.07) is 11.0. The zero-order valence-corrected chi connectivity index (χ0v) is 13.2. The number of furan rings is 1. The number of primary sulfonamides is 1. The minimum atomic E-state index is -3.72. The van der Waals surface area contributed by atoms with Crippen LogP contribution in [0, 0.1) is 0 Å². The number of nitrogens with one attached hydrogen (secondary N) is 2. The molecule has 0 radical (unpaired) electrons. The van der Waals surface area contributed by atoms with Crippen LogP contribution in [0.3, 0.4) is 0 Å². The summed E-state index contributed by atoms with van der Waals surface area (Å²) in [6.07, 6.45) is 1.53. The van der Waals surface area contributed by atoms with Gasteiger partial charge in [-0.2, -0.15) is 5.10 Å². The van der Waals surface area contributed by atoms with Gasteiger partial charge in [-0.15, -0.1) is 0 Å². The molecule has 124 valence electrons. The third-order valence-corrected chi connectivity index (χ3v) is 4.23. The first-order valence-electron chi connectivity index (χ1n) is 6.93. The summed E-state index contributed by atoms with van der Waals surface area (Å²) in [5, 5.41) is 14.4. The number of carbonyl (C=O) groups excluding carboxylic acids is 1. The maximum atomic E-state index is 12.1. The summed E-state index contributed by atoms with van der Waals surface area (Å²) in [5.74, 6) is 0.222. The molecular weight excluding hydrogens is 332 g/mol. The van der Waals surface area contributed by atoms with Gasteiger partial charge in [-0.25, -0.2) is 13.6 Å². The molecule has 0 atom stereocenters. The van der Waals surface area contributed by atoms with Crippen molar-refractivity contribution in [2.75, 3.05) is 0 Å². The second-order valence-electron chi connectivity index (χ2n) is 5.02. The number of nitrogens with two attached hydrogens (primary N) is 1. The Bertz CT molecular complexity index is 944. The fourth-order valence-corrected chi connectivity index (χ4v) is 2.58. The molecule has 3 aromatic rings. The van der Waals surface area contributed by atoms with Gasteiger partial charge in [0.1, 0.15) is 5.69 Å². The number of aromatic amines is 1. The maximum absolute atomic E-state index is 12.1. The monoisotopic (exact) mass is 346 g/mol. The molecule has 0 aliphatic rings. The third kappa shape index (κ3) is 3.53. The number of H-pyrrole nitrogens is 1. The van der Waals surface area contributed by atoms with Crippen LogP contribution in [-0.2, 0) is 16.6 Å². The second kappa shape index (κ2) is 6.30. The Hall–Kier alpha value is -2.91. The molecule has 24 heavy (non-hydrogen) atoms. The number of sulfonamides is 1. The van der Waals surface area contributed by atoms with Crippen molar-refractivity contribution in [2.45, 2.75) is 11.4 Å². The van der Waals surface area contributed by atoms with Gasteiger partial charge in [0.2, 0.25) is 10.0 Å². The van der Waals surface area contributed by atoms with Crippen LogP contribution >= 0.6 is 0 Å². The van der Waals surface area contributed by atoms with Crippen LogP contribution in [0.5, 0.6) is 0 Å².